The highest BCUT2D eigenvalue weighted by Crippen LogP contribution is 2.04. The number of nitrogens with zero attached hydrogens (tertiary/aromatic N) is 3. The van der Waals surface area contributed by atoms with Crippen LogP contribution in [0.4, 0.5) is 5.69 Å². The lowest BCUT2D eigenvalue weighted by molar-refractivity contribution is 0.0702. The first-order valence-corrected chi connectivity index (χ1v) is 7.93. The number of aromatic nitrogens is 2. The molecule has 0 fully saturated rings. The van der Waals surface area contributed by atoms with Gasteiger partial charge in [0.05, 0.1) is 31.7 Å². The number of aryl methyl sites for hydroxylation is 1. The molecular weight excluding hydrogens is 298 g/mol. The molecule has 8 nitrogen and oxygen atoms in total. The average Bonchev–Trinajstić information content (AvgIpc) is 3.01. The summed E-state index contributed by atoms with van der Waals surface area (Å²) in [5.41, 5.74) is 0.909. The predicted molar refractivity (Wildman–Crippen MR) is 91.0 cm³/mol. The third-order valence-electron chi connectivity index (χ3n) is 2.97. The summed E-state index contributed by atoms with van der Waals surface area (Å²) in [6.07, 6.45) is 4.58. The summed E-state index contributed by atoms with van der Waals surface area (Å²) in [6.45, 7) is 6.78. The lowest BCUT2D eigenvalue weighted by atomic mass is 10.4. The lowest BCUT2D eigenvalue weighted by Crippen LogP contribution is -2.33. The van der Waals surface area contributed by atoms with E-state index < -0.39 is 0 Å². The van der Waals surface area contributed by atoms with E-state index in [4.69, 9.17) is 14.2 Å². The minimum atomic E-state index is 0.619. The van der Waals surface area contributed by atoms with Crippen molar-refractivity contribution in [2.45, 2.75) is 19.9 Å². The molecule has 0 radical (unpaired) electrons. The van der Waals surface area contributed by atoms with E-state index in [1.54, 1.807) is 20.4 Å². The molecule has 1 aromatic rings. The molecule has 0 aromatic carbocycles. The molecule has 2 N–H and O–H groups in total. The predicted octanol–water partition coefficient (Wildman–Crippen LogP) is 0.960. The summed E-state index contributed by atoms with van der Waals surface area (Å²) in [6, 6.07) is 0. The fraction of sp³-hybridized carbons (Fsp3) is 0.733. The standard InChI is InChI=1S/C15H29N5O3/c1-4-20-13-14(12-18-20)19-15(17-7-9-21-2)16-6-5-8-23-11-10-22-3/h12-13H,4-11H2,1-3H3,(H2,16,17,19). The van der Waals surface area contributed by atoms with Gasteiger partial charge in [-0.25, -0.2) is 0 Å². The number of hydrogen-bond donors (Lipinski definition) is 2. The lowest BCUT2D eigenvalue weighted by Gasteiger charge is -2.11. The number of anilines is 1. The van der Waals surface area contributed by atoms with Crippen LogP contribution in [-0.2, 0) is 20.8 Å². The Balaban J connectivity index is 2.38. The van der Waals surface area contributed by atoms with E-state index in [1.807, 2.05) is 17.8 Å². The number of rotatable bonds is 12. The van der Waals surface area contributed by atoms with Crippen LogP contribution in [0.2, 0.25) is 0 Å². The molecule has 0 bridgehead atoms. The highest BCUT2D eigenvalue weighted by molar-refractivity contribution is 5.93. The van der Waals surface area contributed by atoms with Crippen molar-refractivity contribution in [3.05, 3.63) is 12.4 Å². The summed E-state index contributed by atoms with van der Waals surface area (Å²) >= 11 is 0. The maximum atomic E-state index is 5.42. The topological polar surface area (TPSA) is 81.9 Å². The Labute approximate surface area is 138 Å². The van der Waals surface area contributed by atoms with E-state index >= 15 is 0 Å². The van der Waals surface area contributed by atoms with E-state index in [1.165, 1.54) is 0 Å². The molecule has 0 saturated heterocycles. The van der Waals surface area contributed by atoms with Gasteiger partial charge < -0.3 is 24.8 Å². The average molecular weight is 327 g/mol. The molecule has 8 heteroatoms. The van der Waals surface area contributed by atoms with Crippen LogP contribution in [0.5, 0.6) is 0 Å². The first-order valence-electron chi connectivity index (χ1n) is 7.93. The van der Waals surface area contributed by atoms with Gasteiger partial charge in [0.1, 0.15) is 0 Å². The SMILES string of the molecule is CCn1cc(NC(=NCCCOCCOC)NCCOC)cn1. The number of methoxy groups -OCH3 is 2. The summed E-state index contributed by atoms with van der Waals surface area (Å²) in [4.78, 5) is 4.53. The van der Waals surface area contributed by atoms with Gasteiger partial charge in [0.15, 0.2) is 5.96 Å². The first-order chi connectivity index (χ1) is 11.3. The molecule has 1 rings (SSSR count). The van der Waals surface area contributed by atoms with Crippen LogP contribution in [0.15, 0.2) is 17.4 Å². The zero-order valence-corrected chi connectivity index (χ0v) is 14.4. The molecule has 0 aliphatic heterocycles. The normalized spacial score (nSPS) is 11.7. The number of guanidine groups is 1. The maximum Gasteiger partial charge on any atom is 0.195 e. The Morgan fingerprint density at radius 2 is 2.04 bits per heavy atom. The van der Waals surface area contributed by atoms with Gasteiger partial charge >= 0.3 is 0 Å². The van der Waals surface area contributed by atoms with E-state index in [9.17, 15) is 0 Å². The molecule has 1 aromatic heterocycles. The number of hydrogen-bond acceptors (Lipinski definition) is 5. The van der Waals surface area contributed by atoms with Crippen molar-refractivity contribution in [3.63, 3.8) is 0 Å². The number of nitrogens with one attached hydrogen (secondary N) is 2. The van der Waals surface area contributed by atoms with E-state index in [0.29, 0.717) is 39.5 Å². The maximum absolute atomic E-state index is 5.42. The van der Waals surface area contributed by atoms with Crippen LogP contribution in [0.25, 0.3) is 0 Å². The second-order valence-electron chi connectivity index (χ2n) is 4.82. The highest BCUT2D eigenvalue weighted by Gasteiger charge is 2.02. The molecule has 0 unspecified atom stereocenters. The van der Waals surface area contributed by atoms with Gasteiger partial charge in [-0.2, -0.15) is 5.10 Å². The molecule has 0 atom stereocenters. The molecular formula is C15H29N5O3. The Morgan fingerprint density at radius 1 is 1.22 bits per heavy atom. The molecule has 0 aliphatic carbocycles. The van der Waals surface area contributed by atoms with Crippen LogP contribution in [0, 0.1) is 0 Å². The van der Waals surface area contributed by atoms with Gasteiger partial charge in [0, 0.05) is 46.7 Å². The summed E-state index contributed by atoms with van der Waals surface area (Å²) in [5, 5.41) is 10.7. The molecule has 0 spiro atoms. The highest BCUT2D eigenvalue weighted by atomic mass is 16.5. The van der Waals surface area contributed by atoms with Crippen LogP contribution in [0.3, 0.4) is 0 Å². The van der Waals surface area contributed by atoms with Crippen LogP contribution in [-0.4, -0.2) is 69.5 Å². The van der Waals surface area contributed by atoms with Crippen LogP contribution >= 0.6 is 0 Å². The van der Waals surface area contributed by atoms with Gasteiger partial charge in [-0.05, 0) is 13.3 Å². The molecule has 23 heavy (non-hydrogen) atoms. The van der Waals surface area contributed by atoms with Crippen molar-refractivity contribution in [2.75, 3.05) is 59.1 Å². The third-order valence-corrected chi connectivity index (χ3v) is 2.97. The minimum Gasteiger partial charge on any atom is -0.383 e. The fourth-order valence-corrected chi connectivity index (χ4v) is 1.75. The summed E-state index contributed by atoms with van der Waals surface area (Å²) in [7, 11) is 3.34. The smallest absolute Gasteiger partial charge is 0.195 e. The molecule has 0 aliphatic rings. The van der Waals surface area contributed by atoms with Crippen molar-refractivity contribution in [1.82, 2.24) is 15.1 Å². The third kappa shape index (κ3) is 9.17. The van der Waals surface area contributed by atoms with Crippen molar-refractivity contribution in [2.24, 2.45) is 4.99 Å². The van der Waals surface area contributed by atoms with Gasteiger partial charge in [-0.15, -0.1) is 0 Å². The monoisotopic (exact) mass is 327 g/mol. The zero-order chi connectivity index (χ0) is 16.8. The number of aliphatic imine (C=N–C) groups is 1. The Hall–Kier alpha value is -1.64. The summed E-state index contributed by atoms with van der Waals surface area (Å²) < 4.78 is 17.3. The van der Waals surface area contributed by atoms with Crippen molar-refractivity contribution >= 4 is 11.6 Å². The van der Waals surface area contributed by atoms with Crippen LogP contribution in [0.1, 0.15) is 13.3 Å². The van der Waals surface area contributed by atoms with Gasteiger partial charge in [0.2, 0.25) is 0 Å². The van der Waals surface area contributed by atoms with Crippen LogP contribution < -0.4 is 10.6 Å². The number of ether oxygens (including phenoxy) is 3. The Morgan fingerprint density at radius 3 is 2.74 bits per heavy atom. The largest absolute Gasteiger partial charge is 0.383 e. The second kappa shape index (κ2) is 12.9. The Kier molecular flexibility index (Phi) is 10.9. The van der Waals surface area contributed by atoms with Gasteiger partial charge in [-0.3, -0.25) is 9.67 Å². The van der Waals surface area contributed by atoms with E-state index in [0.717, 1.165) is 24.6 Å². The van der Waals surface area contributed by atoms with E-state index in [2.05, 4.69) is 20.7 Å². The fourth-order valence-electron chi connectivity index (χ4n) is 1.75. The van der Waals surface area contributed by atoms with Crippen molar-refractivity contribution < 1.29 is 14.2 Å². The molecule has 1 heterocycles. The molecule has 132 valence electrons. The Bertz CT molecular complexity index is 437. The molecule has 0 amide bonds. The van der Waals surface area contributed by atoms with E-state index in [-0.39, 0.29) is 0 Å². The van der Waals surface area contributed by atoms with Crippen molar-refractivity contribution in [3.8, 4) is 0 Å². The molecule has 0 saturated carbocycles. The quantitative estimate of drug-likeness (QED) is 0.338. The first kappa shape index (κ1) is 19.4. The summed E-state index contributed by atoms with van der Waals surface area (Å²) in [5.74, 6) is 0.717. The second-order valence-corrected chi connectivity index (χ2v) is 4.82. The van der Waals surface area contributed by atoms with Crippen molar-refractivity contribution in [1.29, 1.82) is 0 Å². The van der Waals surface area contributed by atoms with Gasteiger partial charge in [-0.1, -0.05) is 0 Å². The van der Waals surface area contributed by atoms with Gasteiger partial charge in [0.25, 0.3) is 0 Å². The zero-order valence-electron chi connectivity index (χ0n) is 14.4. The minimum absolute atomic E-state index is 0.619.